The van der Waals surface area contributed by atoms with Crippen molar-refractivity contribution in [2.75, 3.05) is 5.32 Å². The molecule has 1 amide bonds. The SMILES string of the molecule is CC(Nc1cc(Br)nc(C(C)C)n1)C(=O)NC(C)(C)C. The van der Waals surface area contributed by atoms with Gasteiger partial charge in [-0.05, 0) is 43.6 Å². The summed E-state index contributed by atoms with van der Waals surface area (Å²) in [7, 11) is 0. The Balaban J connectivity index is 2.80. The first-order valence-corrected chi connectivity index (χ1v) is 7.51. The largest absolute Gasteiger partial charge is 0.358 e. The van der Waals surface area contributed by atoms with E-state index in [1.807, 2.05) is 41.5 Å². The van der Waals surface area contributed by atoms with E-state index in [0.717, 1.165) is 5.82 Å². The van der Waals surface area contributed by atoms with Gasteiger partial charge in [0.25, 0.3) is 0 Å². The van der Waals surface area contributed by atoms with Crippen LogP contribution in [0.15, 0.2) is 10.7 Å². The average Bonchev–Trinajstić information content (AvgIpc) is 2.25. The molecule has 0 bridgehead atoms. The molecule has 1 rings (SSSR count). The van der Waals surface area contributed by atoms with Crippen LogP contribution in [0, 0.1) is 0 Å². The summed E-state index contributed by atoms with van der Waals surface area (Å²) in [5.41, 5.74) is -0.248. The molecule has 0 saturated carbocycles. The molecule has 1 aromatic rings. The van der Waals surface area contributed by atoms with Crippen LogP contribution in [0.3, 0.4) is 0 Å². The van der Waals surface area contributed by atoms with Gasteiger partial charge in [-0.1, -0.05) is 13.8 Å². The molecule has 112 valence electrons. The van der Waals surface area contributed by atoms with Gasteiger partial charge in [-0.25, -0.2) is 9.97 Å². The predicted molar refractivity (Wildman–Crippen MR) is 84.8 cm³/mol. The molecule has 0 aliphatic rings. The Morgan fingerprint density at radius 2 is 1.85 bits per heavy atom. The second-order valence-corrected chi connectivity index (χ2v) is 7.01. The maximum Gasteiger partial charge on any atom is 0.242 e. The molecule has 20 heavy (non-hydrogen) atoms. The molecule has 1 unspecified atom stereocenters. The van der Waals surface area contributed by atoms with Crippen LogP contribution < -0.4 is 10.6 Å². The molecule has 1 atom stereocenters. The van der Waals surface area contributed by atoms with E-state index in [9.17, 15) is 4.79 Å². The van der Waals surface area contributed by atoms with Crippen LogP contribution in [-0.4, -0.2) is 27.5 Å². The number of aromatic nitrogens is 2. The van der Waals surface area contributed by atoms with E-state index in [1.165, 1.54) is 0 Å². The van der Waals surface area contributed by atoms with Crippen LogP contribution in [0.5, 0.6) is 0 Å². The fourth-order valence-electron chi connectivity index (χ4n) is 1.53. The molecule has 1 aromatic heterocycles. The number of halogens is 1. The topological polar surface area (TPSA) is 66.9 Å². The Morgan fingerprint density at radius 1 is 1.25 bits per heavy atom. The highest BCUT2D eigenvalue weighted by Crippen LogP contribution is 2.18. The minimum atomic E-state index is -0.365. The lowest BCUT2D eigenvalue weighted by molar-refractivity contribution is -0.122. The van der Waals surface area contributed by atoms with E-state index >= 15 is 0 Å². The van der Waals surface area contributed by atoms with Gasteiger partial charge < -0.3 is 10.6 Å². The fourth-order valence-corrected chi connectivity index (χ4v) is 1.93. The van der Waals surface area contributed by atoms with Gasteiger partial charge in [0.05, 0.1) is 0 Å². The van der Waals surface area contributed by atoms with Crippen molar-refractivity contribution in [3.63, 3.8) is 0 Å². The summed E-state index contributed by atoms with van der Waals surface area (Å²) in [6.07, 6.45) is 0. The number of hydrogen-bond acceptors (Lipinski definition) is 4. The van der Waals surface area contributed by atoms with E-state index in [2.05, 4.69) is 36.5 Å². The summed E-state index contributed by atoms with van der Waals surface area (Å²) >= 11 is 3.37. The van der Waals surface area contributed by atoms with Crippen molar-refractivity contribution in [3.8, 4) is 0 Å². The minimum absolute atomic E-state index is 0.0571. The number of hydrogen-bond donors (Lipinski definition) is 2. The molecule has 0 spiro atoms. The molecule has 0 aliphatic carbocycles. The number of carbonyl (C=O) groups is 1. The molecule has 5 nitrogen and oxygen atoms in total. The maximum absolute atomic E-state index is 12.0. The van der Waals surface area contributed by atoms with Gasteiger partial charge in [-0.15, -0.1) is 0 Å². The van der Waals surface area contributed by atoms with Gasteiger partial charge in [0, 0.05) is 17.5 Å². The number of carbonyl (C=O) groups excluding carboxylic acids is 1. The van der Waals surface area contributed by atoms with Crippen molar-refractivity contribution in [1.82, 2.24) is 15.3 Å². The quantitative estimate of drug-likeness (QED) is 0.825. The Bertz CT molecular complexity index is 483. The summed E-state index contributed by atoms with van der Waals surface area (Å²) < 4.78 is 0.710. The molecule has 0 aromatic carbocycles. The molecular formula is C14H23BrN4O. The molecule has 0 aliphatic heterocycles. The number of nitrogens with zero attached hydrogens (tertiary/aromatic N) is 2. The first-order valence-electron chi connectivity index (χ1n) is 6.71. The van der Waals surface area contributed by atoms with Gasteiger partial charge in [0.1, 0.15) is 22.3 Å². The van der Waals surface area contributed by atoms with Crippen LogP contribution >= 0.6 is 15.9 Å². The second kappa shape index (κ2) is 6.52. The van der Waals surface area contributed by atoms with Crippen molar-refractivity contribution >= 4 is 27.7 Å². The third-order valence-corrected chi connectivity index (χ3v) is 2.89. The number of amides is 1. The molecule has 2 N–H and O–H groups in total. The van der Waals surface area contributed by atoms with Crippen molar-refractivity contribution in [2.45, 2.75) is 59.0 Å². The van der Waals surface area contributed by atoms with E-state index in [4.69, 9.17) is 0 Å². The summed E-state index contributed by atoms with van der Waals surface area (Å²) in [6, 6.07) is 1.41. The zero-order valence-corrected chi connectivity index (χ0v) is 14.5. The van der Waals surface area contributed by atoms with Crippen molar-refractivity contribution in [1.29, 1.82) is 0 Å². The van der Waals surface area contributed by atoms with E-state index in [0.29, 0.717) is 10.4 Å². The Morgan fingerprint density at radius 3 is 2.35 bits per heavy atom. The highest BCUT2D eigenvalue weighted by Gasteiger charge is 2.19. The van der Waals surface area contributed by atoms with Gasteiger partial charge in [0.15, 0.2) is 0 Å². The van der Waals surface area contributed by atoms with E-state index in [1.54, 1.807) is 6.07 Å². The molecule has 0 saturated heterocycles. The zero-order chi connectivity index (χ0) is 15.5. The fraction of sp³-hybridized carbons (Fsp3) is 0.643. The van der Waals surface area contributed by atoms with E-state index < -0.39 is 0 Å². The van der Waals surface area contributed by atoms with Crippen LogP contribution in [-0.2, 0) is 4.79 Å². The number of nitrogens with one attached hydrogen (secondary N) is 2. The molecular weight excluding hydrogens is 320 g/mol. The first kappa shape index (κ1) is 16.9. The first-order chi connectivity index (χ1) is 9.08. The van der Waals surface area contributed by atoms with Crippen LogP contribution in [0.2, 0.25) is 0 Å². The summed E-state index contributed by atoms with van der Waals surface area (Å²) in [5, 5.41) is 6.04. The third-order valence-electron chi connectivity index (χ3n) is 2.48. The monoisotopic (exact) mass is 342 g/mol. The van der Waals surface area contributed by atoms with Crippen LogP contribution in [0.4, 0.5) is 5.82 Å². The van der Waals surface area contributed by atoms with Gasteiger partial charge in [-0.3, -0.25) is 4.79 Å². The summed E-state index contributed by atoms with van der Waals surface area (Å²) in [4.78, 5) is 20.8. The highest BCUT2D eigenvalue weighted by atomic mass is 79.9. The van der Waals surface area contributed by atoms with E-state index in [-0.39, 0.29) is 23.4 Å². The molecule has 0 fully saturated rings. The predicted octanol–water partition coefficient (Wildman–Crippen LogP) is 3.08. The average molecular weight is 343 g/mol. The van der Waals surface area contributed by atoms with Gasteiger partial charge in [-0.2, -0.15) is 0 Å². The van der Waals surface area contributed by atoms with Gasteiger partial charge in [0.2, 0.25) is 5.91 Å². The Labute approximate surface area is 129 Å². The lowest BCUT2D eigenvalue weighted by Crippen LogP contribution is -2.47. The smallest absolute Gasteiger partial charge is 0.242 e. The third kappa shape index (κ3) is 5.45. The van der Waals surface area contributed by atoms with Crippen LogP contribution in [0.25, 0.3) is 0 Å². The lowest BCUT2D eigenvalue weighted by atomic mass is 10.1. The highest BCUT2D eigenvalue weighted by molar-refractivity contribution is 9.10. The van der Waals surface area contributed by atoms with Crippen molar-refractivity contribution < 1.29 is 4.79 Å². The molecule has 0 radical (unpaired) electrons. The molecule has 6 heteroatoms. The summed E-state index contributed by atoms with van der Waals surface area (Å²) in [6.45, 7) is 11.7. The van der Waals surface area contributed by atoms with Crippen molar-refractivity contribution in [2.24, 2.45) is 0 Å². The van der Waals surface area contributed by atoms with Crippen molar-refractivity contribution in [3.05, 3.63) is 16.5 Å². The standard InChI is InChI=1S/C14H23BrN4O/c1-8(2)12-17-10(15)7-11(18-12)16-9(3)13(20)19-14(4,5)6/h7-9H,1-6H3,(H,19,20)(H,16,17,18). The minimum Gasteiger partial charge on any atom is -0.358 e. The normalized spacial score (nSPS) is 13.2. The summed E-state index contributed by atoms with van der Waals surface area (Å²) in [5.74, 6) is 1.56. The number of anilines is 1. The number of rotatable bonds is 4. The van der Waals surface area contributed by atoms with Gasteiger partial charge >= 0.3 is 0 Å². The zero-order valence-electron chi connectivity index (χ0n) is 12.9. The lowest BCUT2D eigenvalue weighted by Gasteiger charge is -2.24. The molecule has 1 heterocycles. The second-order valence-electron chi connectivity index (χ2n) is 6.19. The maximum atomic E-state index is 12.0. The Hall–Kier alpha value is -1.17. The Kier molecular flexibility index (Phi) is 5.50. The van der Waals surface area contributed by atoms with Crippen LogP contribution in [0.1, 0.15) is 53.3 Å².